The summed E-state index contributed by atoms with van der Waals surface area (Å²) in [6.07, 6.45) is 3.21. The number of carbonyl (C=O) groups excluding carboxylic acids is 2. The fourth-order valence-electron chi connectivity index (χ4n) is 0.799. The Kier molecular flexibility index (Phi) is 7.50. The van der Waals surface area contributed by atoms with Gasteiger partial charge in [0, 0.05) is 13.0 Å². The van der Waals surface area contributed by atoms with E-state index in [1.54, 1.807) is 6.92 Å². The van der Waals surface area contributed by atoms with Gasteiger partial charge < -0.3 is 10.1 Å². The van der Waals surface area contributed by atoms with Crippen LogP contribution in [0, 0.1) is 0 Å². The maximum atomic E-state index is 10.7. The highest BCUT2D eigenvalue weighted by Gasteiger charge is 1.97. The molecule has 1 amide bonds. The summed E-state index contributed by atoms with van der Waals surface area (Å²) in [4.78, 5) is 21.4. The van der Waals surface area contributed by atoms with Crippen LogP contribution in [0.1, 0.15) is 26.2 Å². The van der Waals surface area contributed by atoms with E-state index < -0.39 is 0 Å². The number of amides is 1. The van der Waals surface area contributed by atoms with Crippen molar-refractivity contribution in [3.8, 4) is 0 Å². The monoisotopic (exact) mass is 199 g/mol. The third kappa shape index (κ3) is 7.34. The Balaban J connectivity index is 3.18. The molecule has 0 aliphatic heterocycles. The Morgan fingerprint density at radius 1 is 1.43 bits per heavy atom. The van der Waals surface area contributed by atoms with Crippen LogP contribution in [0.3, 0.4) is 0 Å². The standard InChI is InChI=1S/C10H17NO3/c1-3-9(12)11-7-5-6-8-14-10(13)4-2/h3H,1,4-8H2,2H3,(H,11,12). The number of ether oxygens (including phenoxy) is 1. The van der Waals surface area contributed by atoms with Crippen molar-refractivity contribution in [3.63, 3.8) is 0 Å². The first-order valence-electron chi connectivity index (χ1n) is 4.76. The second kappa shape index (κ2) is 8.29. The SMILES string of the molecule is C=CC(=O)NCCCCOC(=O)CC. The largest absolute Gasteiger partial charge is 0.466 e. The predicted molar refractivity (Wildman–Crippen MR) is 53.7 cm³/mol. The van der Waals surface area contributed by atoms with Gasteiger partial charge in [-0.15, -0.1) is 0 Å². The first kappa shape index (κ1) is 12.7. The van der Waals surface area contributed by atoms with Crippen molar-refractivity contribution in [2.45, 2.75) is 26.2 Å². The van der Waals surface area contributed by atoms with Crippen molar-refractivity contribution in [1.29, 1.82) is 0 Å². The average Bonchev–Trinajstić information content (AvgIpc) is 2.22. The summed E-state index contributed by atoms with van der Waals surface area (Å²) in [6, 6.07) is 0. The molecule has 0 atom stereocenters. The van der Waals surface area contributed by atoms with E-state index in [0.717, 1.165) is 12.8 Å². The number of rotatable bonds is 7. The molecular formula is C10H17NO3. The number of unbranched alkanes of at least 4 members (excludes halogenated alkanes) is 1. The molecule has 0 radical (unpaired) electrons. The Bertz CT molecular complexity index is 202. The summed E-state index contributed by atoms with van der Waals surface area (Å²) < 4.78 is 4.85. The molecule has 0 aliphatic rings. The molecule has 0 heterocycles. The van der Waals surface area contributed by atoms with Crippen LogP contribution in [0.5, 0.6) is 0 Å². The van der Waals surface area contributed by atoms with Crippen molar-refractivity contribution in [1.82, 2.24) is 5.32 Å². The fourth-order valence-corrected chi connectivity index (χ4v) is 0.799. The number of esters is 1. The predicted octanol–water partition coefficient (Wildman–Crippen LogP) is 1.02. The van der Waals surface area contributed by atoms with Crippen LogP contribution in [0.15, 0.2) is 12.7 Å². The van der Waals surface area contributed by atoms with Crippen molar-refractivity contribution >= 4 is 11.9 Å². The lowest BCUT2D eigenvalue weighted by atomic mass is 10.3. The molecule has 0 rings (SSSR count). The Hall–Kier alpha value is -1.32. The summed E-state index contributed by atoms with van der Waals surface area (Å²) in [5.74, 6) is -0.351. The molecule has 0 aliphatic carbocycles. The molecule has 1 N–H and O–H groups in total. The highest BCUT2D eigenvalue weighted by Crippen LogP contribution is 1.91. The molecule has 0 saturated carbocycles. The normalized spacial score (nSPS) is 9.21. The van der Waals surface area contributed by atoms with E-state index in [2.05, 4.69) is 11.9 Å². The van der Waals surface area contributed by atoms with Gasteiger partial charge in [-0.2, -0.15) is 0 Å². The molecule has 0 aromatic heterocycles. The number of hydrogen-bond donors (Lipinski definition) is 1. The smallest absolute Gasteiger partial charge is 0.305 e. The fraction of sp³-hybridized carbons (Fsp3) is 0.600. The molecule has 0 aromatic rings. The zero-order valence-corrected chi connectivity index (χ0v) is 8.54. The summed E-state index contributed by atoms with van der Waals surface area (Å²) in [5.41, 5.74) is 0. The maximum Gasteiger partial charge on any atom is 0.305 e. The van der Waals surface area contributed by atoms with Gasteiger partial charge in [0.25, 0.3) is 0 Å². The van der Waals surface area contributed by atoms with E-state index in [1.165, 1.54) is 6.08 Å². The molecule has 4 nitrogen and oxygen atoms in total. The Morgan fingerprint density at radius 2 is 2.14 bits per heavy atom. The van der Waals surface area contributed by atoms with Crippen molar-refractivity contribution in [3.05, 3.63) is 12.7 Å². The molecule has 0 unspecified atom stereocenters. The van der Waals surface area contributed by atoms with Gasteiger partial charge in [-0.05, 0) is 18.9 Å². The van der Waals surface area contributed by atoms with Crippen LogP contribution in [0.25, 0.3) is 0 Å². The average molecular weight is 199 g/mol. The number of hydrogen-bond acceptors (Lipinski definition) is 3. The minimum Gasteiger partial charge on any atom is -0.466 e. The summed E-state index contributed by atoms with van der Waals surface area (Å²) >= 11 is 0. The van der Waals surface area contributed by atoms with Crippen molar-refractivity contribution < 1.29 is 14.3 Å². The lowest BCUT2D eigenvalue weighted by Crippen LogP contribution is -2.22. The third-order valence-electron chi connectivity index (χ3n) is 1.61. The van der Waals surface area contributed by atoms with Gasteiger partial charge in [0.05, 0.1) is 6.61 Å². The summed E-state index contributed by atoms with van der Waals surface area (Å²) in [7, 11) is 0. The molecule has 80 valence electrons. The van der Waals surface area contributed by atoms with Gasteiger partial charge in [0.15, 0.2) is 0 Å². The molecule has 4 heteroatoms. The second-order valence-corrected chi connectivity index (χ2v) is 2.78. The third-order valence-corrected chi connectivity index (χ3v) is 1.61. The zero-order valence-electron chi connectivity index (χ0n) is 8.54. The lowest BCUT2D eigenvalue weighted by molar-refractivity contribution is -0.143. The van der Waals surface area contributed by atoms with Crippen LogP contribution in [0.2, 0.25) is 0 Å². The van der Waals surface area contributed by atoms with Crippen molar-refractivity contribution in [2.75, 3.05) is 13.2 Å². The van der Waals surface area contributed by atoms with Crippen LogP contribution < -0.4 is 5.32 Å². The molecule has 0 fully saturated rings. The van der Waals surface area contributed by atoms with Crippen LogP contribution in [-0.2, 0) is 14.3 Å². The second-order valence-electron chi connectivity index (χ2n) is 2.78. The Labute approximate surface area is 84.3 Å². The quantitative estimate of drug-likeness (QED) is 0.378. The molecule has 0 bridgehead atoms. The molecule has 0 aromatic carbocycles. The Morgan fingerprint density at radius 3 is 2.71 bits per heavy atom. The lowest BCUT2D eigenvalue weighted by Gasteiger charge is -2.03. The first-order valence-corrected chi connectivity index (χ1v) is 4.76. The minimum atomic E-state index is -0.180. The summed E-state index contributed by atoms with van der Waals surface area (Å²) in [6.45, 7) is 6.10. The number of nitrogens with one attached hydrogen (secondary N) is 1. The zero-order chi connectivity index (χ0) is 10.8. The van der Waals surface area contributed by atoms with Gasteiger partial charge in [-0.1, -0.05) is 13.5 Å². The highest BCUT2D eigenvalue weighted by atomic mass is 16.5. The maximum absolute atomic E-state index is 10.7. The van der Waals surface area contributed by atoms with E-state index in [4.69, 9.17) is 4.74 Å². The minimum absolute atomic E-state index is 0.171. The van der Waals surface area contributed by atoms with Crippen LogP contribution in [0.4, 0.5) is 0 Å². The molecular weight excluding hydrogens is 182 g/mol. The molecule has 14 heavy (non-hydrogen) atoms. The summed E-state index contributed by atoms with van der Waals surface area (Å²) in [5, 5.41) is 2.64. The van der Waals surface area contributed by atoms with Crippen molar-refractivity contribution in [2.24, 2.45) is 0 Å². The highest BCUT2D eigenvalue weighted by molar-refractivity contribution is 5.86. The van der Waals surface area contributed by atoms with Gasteiger partial charge in [-0.3, -0.25) is 9.59 Å². The van der Waals surface area contributed by atoms with E-state index in [9.17, 15) is 9.59 Å². The number of carbonyl (C=O) groups is 2. The first-order chi connectivity index (χ1) is 6.70. The van der Waals surface area contributed by atoms with Crippen LogP contribution >= 0.6 is 0 Å². The van der Waals surface area contributed by atoms with Crippen LogP contribution in [-0.4, -0.2) is 25.0 Å². The van der Waals surface area contributed by atoms with E-state index in [0.29, 0.717) is 19.6 Å². The molecule has 0 spiro atoms. The van der Waals surface area contributed by atoms with Gasteiger partial charge in [0.1, 0.15) is 0 Å². The van der Waals surface area contributed by atoms with Gasteiger partial charge >= 0.3 is 5.97 Å². The van der Waals surface area contributed by atoms with Gasteiger partial charge in [0.2, 0.25) is 5.91 Å². The van der Waals surface area contributed by atoms with E-state index in [-0.39, 0.29) is 11.9 Å². The molecule has 0 saturated heterocycles. The van der Waals surface area contributed by atoms with E-state index in [1.807, 2.05) is 0 Å². The topological polar surface area (TPSA) is 55.4 Å². The van der Waals surface area contributed by atoms with E-state index >= 15 is 0 Å². The van der Waals surface area contributed by atoms with Gasteiger partial charge in [-0.25, -0.2) is 0 Å².